The summed E-state index contributed by atoms with van der Waals surface area (Å²) in [5, 5.41) is 5.34. The summed E-state index contributed by atoms with van der Waals surface area (Å²) in [7, 11) is 0. The van der Waals surface area contributed by atoms with E-state index in [-0.39, 0.29) is 0 Å². The molecule has 50 heavy (non-hydrogen) atoms. The second kappa shape index (κ2) is 11.4. The van der Waals surface area contributed by atoms with Crippen LogP contribution in [0.5, 0.6) is 0 Å². The number of hydrogen-bond donors (Lipinski definition) is 0. The van der Waals surface area contributed by atoms with Gasteiger partial charge in [-0.05, 0) is 64.7 Å². The standard InChI is InChI=1S/C44H26N6/c1-2-6-37-34(4-1)26-47-44(50-37)39-20-17-30-12-14-33(25-41(30)49-39)32-13-11-29-16-19-38(48-40(29)24-32)28-9-7-27(8-10-28)35-21-23-46-43-36(35)18-15-31-5-3-22-45-42(31)43/h1-26H. The minimum Gasteiger partial charge on any atom is -0.254 e. The van der Waals surface area contributed by atoms with Gasteiger partial charge >= 0.3 is 0 Å². The van der Waals surface area contributed by atoms with Crippen LogP contribution < -0.4 is 0 Å². The van der Waals surface area contributed by atoms with Gasteiger partial charge in [-0.3, -0.25) is 9.97 Å². The first-order valence-electron chi connectivity index (χ1n) is 16.5. The molecule has 0 atom stereocenters. The largest absolute Gasteiger partial charge is 0.254 e. The SMILES string of the molecule is c1ccc2nc(-c3ccc4ccc(-c5ccc6ccc(-c7ccc(-c8ccnc9c8ccc8cccnc89)cc7)nc6c5)cc4n3)ncc2c1. The molecular formula is C44H26N6. The Hall–Kier alpha value is -6.92. The van der Waals surface area contributed by atoms with Gasteiger partial charge in [0.05, 0.1) is 33.3 Å². The minimum atomic E-state index is 0.617. The highest BCUT2D eigenvalue weighted by atomic mass is 14.9. The van der Waals surface area contributed by atoms with Crippen molar-refractivity contribution in [3.8, 4) is 45.0 Å². The number of rotatable bonds is 4. The van der Waals surface area contributed by atoms with Crippen molar-refractivity contribution in [2.45, 2.75) is 0 Å². The first kappa shape index (κ1) is 28.1. The maximum Gasteiger partial charge on any atom is 0.178 e. The molecule has 232 valence electrons. The van der Waals surface area contributed by atoms with Gasteiger partial charge in [-0.2, -0.15) is 0 Å². The van der Waals surface area contributed by atoms with Crippen molar-refractivity contribution in [3.05, 3.63) is 158 Å². The van der Waals surface area contributed by atoms with Crippen LogP contribution in [0.15, 0.2) is 158 Å². The fourth-order valence-corrected chi connectivity index (χ4v) is 6.80. The Morgan fingerprint density at radius 3 is 1.82 bits per heavy atom. The molecule has 5 heterocycles. The Morgan fingerprint density at radius 2 is 1.00 bits per heavy atom. The fourth-order valence-electron chi connectivity index (χ4n) is 6.80. The molecule has 0 saturated carbocycles. The van der Waals surface area contributed by atoms with Crippen molar-refractivity contribution in [1.29, 1.82) is 0 Å². The number of pyridine rings is 4. The highest BCUT2D eigenvalue weighted by Gasteiger charge is 2.11. The highest BCUT2D eigenvalue weighted by molar-refractivity contribution is 6.08. The van der Waals surface area contributed by atoms with Crippen LogP contribution in [0, 0.1) is 0 Å². The topological polar surface area (TPSA) is 77.3 Å². The summed E-state index contributed by atoms with van der Waals surface area (Å²) in [6, 6.07) is 48.1. The molecule has 0 aliphatic carbocycles. The molecule has 0 unspecified atom stereocenters. The Labute approximate surface area is 286 Å². The highest BCUT2D eigenvalue weighted by Crippen LogP contribution is 2.33. The zero-order valence-electron chi connectivity index (χ0n) is 26.7. The third kappa shape index (κ3) is 4.81. The van der Waals surface area contributed by atoms with Gasteiger partial charge in [0.15, 0.2) is 5.82 Å². The van der Waals surface area contributed by atoms with E-state index >= 15 is 0 Å². The zero-order chi connectivity index (χ0) is 33.0. The quantitative estimate of drug-likeness (QED) is 0.179. The lowest BCUT2D eigenvalue weighted by Crippen LogP contribution is -1.93. The summed E-state index contributed by atoms with van der Waals surface area (Å²) >= 11 is 0. The monoisotopic (exact) mass is 638 g/mol. The van der Waals surface area contributed by atoms with Crippen LogP contribution >= 0.6 is 0 Å². The number of aromatic nitrogens is 6. The van der Waals surface area contributed by atoms with E-state index < -0.39 is 0 Å². The smallest absolute Gasteiger partial charge is 0.178 e. The fraction of sp³-hybridized carbons (Fsp3) is 0. The summed E-state index contributed by atoms with van der Waals surface area (Å²) in [5.41, 5.74) is 11.7. The number of fused-ring (bicyclic) bond motifs is 6. The van der Waals surface area contributed by atoms with Gasteiger partial charge in [-0.15, -0.1) is 0 Å². The van der Waals surface area contributed by atoms with E-state index in [9.17, 15) is 0 Å². The van der Waals surface area contributed by atoms with Crippen molar-refractivity contribution in [2.24, 2.45) is 0 Å². The number of hydrogen-bond acceptors (Lipinski definition) is 6. The molecule has 0 radical (unpaired) electrons. The molecule has 0 N–H and O–H groups in total. The molecule has 0 saturated heterocycles. The molecule has 0 spiro atoms. The van der Waals surface area contributed by atoms with E-state index in [4.69, 9.17) is 15.0 Å². The van der Waals surface area contributed by atoms with Gasteiger partial charge in [0, 0.05) is 51.1 Å². The van der Waals surface area contributed by atoms with E-state index in [0.717, 1.165) is 93.7 Å². The molecule has 6 nitrogen and oxygen atoms in total. The molecule has 6 heteroatoms. The van der Waals surface area contributed by atoms with Crippen LogP contribution in [-0.4, -0.2) is 29.9 Å². The first-order valence-corrected chi connectivity index (χ1v) is 16.5. The van der Waals surface area contributed by atoms with Gasteiger partial charge in [-0.1, -0.05) is 97.1 Å². The van der Waals surface area contributed by atoms with Crippen LogP contribution in [0.1, 0.15) is 0 Å². The Balaban J connectivity index is 0.976. The van der Waals surface area contributed by atoms with E-state index in [1.54, 1.807) is 0 Å². The maximum absolute atomic E-state index is 5.11. The minimum absolute atomic E-state index is 0.617. The number of nitrogens with zero attached hydrogens (tertiary/aromatic N) is 6. The second-order valence-corrected chi connectivity index (χ2v) is 12.4. The molecule has 10 rings (SSSR count). The molecular weight excluding hydrogens is 613 g/mol. The number of benzene rings is 5. The van der Waals surface area contributed by atoms with Crippen LogP contribution in [0.3, 0.4) is 0 Å². The van der Waals surface area contributed by atoms with Crippen molar-refractivity contribution >= 4 is 54.5 Å². The van der Waals surface area contributed by atoms with Gasteiger partial charge in [0.1, 0.15) is 5.69 Å². The lowest BCUT2D eigenvalue weighted by atomic mass is 9.98. The van der Waals surface area contributed by atoms with Crippen LogP contribution in [0.2, 0.25) is 0 Å². The molecule has 10 aromatic rings. The zero-order valence-corrected chi connectivity index (χ0v) is 26.7. The Bertz CT molecular complexity index is 2940. The maximum atomic E-state index is 5.11. The molecule has 0 bridgehead atoms. The summed E-state index contributed by atoms with van der Waals surface area (Å²) in [4.78, 5) is 28.7. The van der Waals surface area contributed by atoms with E-state index in [2.05, 4.69) is 118 Å². The van der Waals surface area contributed by atoms with Crippen LogP contribution in [0.25, 0.3) is 99.5 Å². The molecule has 0 aliphatic heterocycles. The van der Waals surface area contributed by atoms with Gasteiger partial charge in [-0.25, -0.2) is 19.9 Å². The third-order valence-corrected chi connectivity index (χ3v) is 9.41. The van der Waals surface area contributed by atoms with E-state index in [0.29, 0.717) is 5.82 Å². The van der Waals surface area contributed by atoms with E-state index in [1.807, 2.05) is 55.0 Å². The molecule has 0 aliphatic rings. The summed E-state index contributed by atoms with van der Waals surface area (Å²) in [6.07, 6.45) is 5.54. The van der Waals surface area contributed by atoms with Crippen molar-refractivity contribution in [3.63, 3.8) is 0 Å². The average Bonchev–Trinajstić information content (AvgIpc) is 3.19. The number of para-hydroxylation sites is 1. The Kier molecular flexibility index (Phi) is 6.39. The first-order chi connectivity index (χ1) is 24.7. The van der Waals surface area contributed by atoms with E-state index in [1.165, 1.54) is 0 Å². The lowest BCUT2D eigenvalue weighted by Gasteiger charge is -2.10. The normalized spacial score (nSPS) is 11.6. The van der Waals surface area contributed by atoms with Crippen molar-refractivity contribution < 1.29 is 0 Å². The van der Waals surface area contributed by atoms with Gasteiger partial charge in [0.25, 0.3) is 0 Å². The molecule has 5 aromatic carbocycles. The van der Waals surface area contributed by atoms with Gasteiger partial charge in [0.2, 0.25) is 0 Å². The molecule has 5 aromatic heterocycles. The third-order valence-electron chi connectivity index (χ3n) is 9.41. The molecule has 0 fully saturated rings. The average molecular weight is 639 g/mol. The lowest BCUT2D eigenvalue weighted by molar-refractivity contribution is 1.19. The predicted molar refractivity (Wildman–Crippen MR) is 202 cm³/mol. The summed E-state index contributed by atoms with van der Waals surface area (Å²) in [5.74, 6) is 0.617. The predicted octanol–water partition coefficient (Wildman–Crippen LogP) is 10.5. The van der Waals surface area contributed by atoms with Crippen LogP contribution in [-0.2, 0) is 0 Å². The van der Waals surface area contributed by atoms with Crippen molar-refractivity contribution in [2.75, 3.05) is 0 Å². The summed E-state index contributed by atoms with van der Waals surface area (Å²) in [6.45, 7) is 0. The Morgan fingerprint density at radius 1 is 0.360 bits per heavy atom. The summed E-state index contributed by atoms with van der Waals surface area (Å²) < 4.78 is 0. The van der Waals surface area contributed by atoms with Crippen molar-refractivity contribution in [1.82, 2.24) is 29.9 Å². The second-order valence-electron chi connectivity index (χ2n) is 12.4. The van der Waals surface area contributed by atoms with Crippen LogP contribution in [0.4, 0.5) is 0 Å². The van der Waals surface area contributed by atoms with Gasteiger partial charge < -0.3 is 0 Å². The molecule has 0 amide bonds.